The second-order valence-electron chi connectivity index (χ2n) is 7.53. The molecule has 2 aromatic carbocycles. The molecule has 1 saturated heterocycles. The normalized spacial score (nSPS) is 16.9. The van der Waals surface area contributed by atoms with Crippen molar-refractivity contribution in [1.29, 1.82) is 0 Å². The van der Waals surface area contributed by atoms with Gasteiger partial charge in [-0.15, -0.1) is 0 Å². The van der Waals surface area contributed by atoms with Crippen LogP contribution in [0, 0.1) is 5.92 Å². The van der Waals surface area contributed by atoms with E-state index in [0.29, 0.717) is 19.6 Å². The zero-order valence-electron chi connectivity index (χ0n) is 17.2. The zero-order chi connectivity index (χ0) is 22.9. The highest BCUT2D eigenvalue weighted by Gasteiger charge is 2.32. The largest absolute Gasteiger partial charge is 0.494 e. The number of rotatable bonds is 5. The molecule has 1 aliphatic rings. The molecule has 3 aromatic rings. The Kier molecular flexibility index (Phi) is 6.48. The second-order valence-corrected chi connectivity index (χ2v) is 8.94. The highest BCUT2D eigenvalue weighted by molar-refractivity contribution is 7.22. The van der Waals surface area contributed by atoms with Crippen molar-refractivity contribution in [2.75, 3.05) is 29.9 Å². The Hall–Kier alpha value is -2.52. The summed E-state index contributed by atoms with van der Waals surface area (Å²) in [5, 5.41) is 3.46. The van der Waals surface area contributed by atoms with E-state index in [0.717, 1.165) is 52.3 Å². The fourth-order valence-corrected chi connectivity index (χ4v) is 4.88. The number of nitrogens with zero attached hydrogens (tertiary/aromatic N) is 2. The zero-order valence-corrected chi connectivity index (χ0v) is 18.8. The topological polar surface area (TPSA) is 54.5 Å². The van der Waals surface area contributed by atoms with Crippen molar-refractivity contribution in [1.82, 2.24) is 4.98 Å². The van der Waals surface area contributed by atoms with Crippen LogP contribution in [0.2, 0.25) is 5.02 Å². The van der Waals surface area contributed by atoms with Crippen molar-refractivity contribution in [2.24, 2.45) is 5.92 Å². The van der Waals surface area contributed by atoms with Crippen LogP contribution in [0.4, 0.5) is 24.0 Å². The lowest BCUT2D eigenvalue weighted by Crippen LogP contribution is -2.40. The van der Waals surface area contributed by atoms with E-state index in [4.69, 9.17) is 16.3 Å². The van der Waals surface area contributed by atoms with Crippen molar-refractivity contribution in [3.05, 3.63) is 47.0 Å². The van der Waals surface area contributed by atoms with Gasteiger partial charge in [0.2, 0.25) is 5.91 Å². The Morgan fingerprint density at radius 1 is 1.31 bits per heavy atom. The van der Waals surface area contributed by atoms with Crippen molar-refractivity contribution in [2.45, 2.75) is 25.9 Å². The number of fused-ring (bicyclic) bond motifs is 1. The highest BCUT2D eigenvalue weighted by Crippen LogP contribution is 2.36. The third kappa shape index (κ3) is 4.94. The van der Waals surface area contributed by atoms with Gasteiger partial charge in [0.05, 0.1) is 39.0 Å². The molecule has 1 atom stereocenters. The molecule has 170 valence electrons. The molecule has 5 nitrogen and oxygen atoms in total. The maximum atomic E-state index is 13.0. The number of piperidine rings is 1. The molecular formula is C22H21ClF3N3O2S. The number of ether oxygens (including phenoxy) is 1. The van der Waals surface area contributed by atoms with Crippen LogP contribution in [0.5, 0.6) is 5.75 Å². The lowest BCUT2D eigenvalue weighted by Gasteiger charge is -2.31. The minimum absolute atomic E-state index is 0.0351. The van der Waals surface area contributed by atoms with Gasteiger partial charge in [0, 0.05) is 13.1 Å². The summed E-state index contributed by atoms with van der Waals surface area (Å²) >= 11 is 7.55. The Morgan fingerprint density at radius 3 is 2.88 bits per heavy atom. The number of carbonyl (C=O) groups excluding carboxylic acids is 1. The first-order valence-electron chi connectivity index (χ1n) is 10.2. The van der Waals surface area contributed by atoms with Gasteiger partial charge >= 0.3 is 6.18 Å². The number of alkyl halides is 3. The monoisotopic (exact) mass is 483 g/mol. The van der Waals surface area contributed by atoms with Gasteiger partial charge in [0.25, 0.3) is 0 Å². The quantitative estimate of drug-likeness (QED) is 0.468. The van der Waals surface area contributed by atoms with E-state index in [2.05, 4.69) is 10.3 Å². The second kappa shape index (κ2) is 9.15. The van der Waals surface area contributed by atoms with Crippen LogP contribution in [-0.2, 0) is 11.0 Å². The van der Waals surface area contributed by atoms with Gasteiger partial charge in [0.15, 0.2) is 5.13 Å². The van der Waals surface area contributed by atoms with Crippen LogP contribution in [0.25, 0.3) is 10.2 Å². The van der Waals surface area contributed by atoms with E-state index in [9.17, 15) is 18.0 Å². The maximum absolute atomic E-state index is 13.0. The lowest BCUT2D eigenvalue weighted by atomic mass is 9.97. The minimum atomic E-state index is -4.51. The van der Waals surface area contributed by atoms with E-state index in [1.807, 2.05) is 30.0 Å². The highest BCUT2D eigenvalue weighted by atomic mass is 35.5. The smallest absolute Gasteiger partial charge is 0.416 e. The van der Waals surface area contributed by atoms with Gasteiger partial charge in [0.1, 0.15) is 5.75 Å². The molecule has 2 heterocycles. The number of anilines is 2. The molecule has 32 heavy (non-hydrogen) atoms. The fourth-order valence-electron chi connectivity index (χ4n) is 3.68. The summed E-state index contributed by atoms with van der Waals surface area (Å²) in [6, 6.07) is 8.63. The number of hydrogen-bond donors (Lipinski definition) is 1. The molecule has 0 radical (unpaired) electrons. The summed E-state index contributed by atoms with van der Waals surface area (Å²) < 4.78 is 45.6. The molecule has 1 amide bonds. The average Bonchev–Trinajstić information content (AvgIpc) is 3.18. The first-order valence-corrected chi connectivity index (χ1v) is 11.4. The number of aromatic nitrogens is 1. The molecule has 1 aliphatic heterocycles. The molecule has 0 bridgehead atoms. The molecular weight excluding hydrogens is 463 g/mol. The van der Waals surface area contributed by atoms with E-state index >= 15 is 0 Å². The molecule has 1 unspecified atom stereocenters. The molecule has 1 fully saturated rings. The SMILES string of the molecule is CCOc1ccc2nc(N3CCCC(C(=O)Nc4cc(C(F)(F)F)ccc4Cl)C3)sc2c1. The molecule has 0 spiro atoms. The van der Waals surface area contributed by atoms with Gasteiger partial charge in [-0.2, -0.15) is 13.2 Å². The number of benzene rings is 2. The number of thiazole rings is 1. The van der Waals surface area contributed by atoms with E-state index in [1.165, 1.54) is 11.3 Å². The first-order chi connectivity index (χ1) is 15.2. The van der Waals surface area contributed by atoms with Crippen LogP contribution < -0.4 is 15.0 Å². The standard InChI is InChI=1S/C22H21ClF3N3O2S/c1-2-31-15-6-8-17-19(11-15)32-21(28-17)29-9-3-4-13(12-29)20(30)27-18-10-14(22(24,25)26)5-7-16(18)23/h5-8,10-11,13H,2-4,9,12H2,1H3,(H,27,30). The summed E-state index contributed by atoms with van der Waals surface area (Å²) in [5.74, 6) is 0.0417. The van der Waals surface area contributed by atoms with Crippen LogP contribution >= 0.6 is 22.9 Å². The van der Waals surface area contributed by atoms with Crippen molar-refractivity contribution < 1.29 is 22.7 Å². The Morgan fingerprint density at radius 2 is 2.12 bits per heavy atom. The molecule has 4 rings (SSSR count). The third-order valence-corrected chi connectivity index (χ3v) is 6.68. The van der Waals surface area contributed by atoms with Crippen LogP contribution in [-0.4, -0.2) is 30.6 Å². The number of hydrogen-bond acceptors (Lipinski definition) is 5. The molecule has 1 N–H and O–H groups in total. The van der Waals surface area contributed by atoms with Crippen LogP contribution in [0.15, 0.2) is 36.4 Å². The van der Waals surface area contributed by atoms with Crippen molar-refractivity contribution in [3.8, 4) is 5.75 Å². The number of amides is 1. The van der Waals surface area contributed by atoms with Gasteiger partial charge < -0.3 is 15.0 Å². The van der Waals surface area contributed by atoms with Crippen LogP contribution in [0.3, 0.4) is 0 Å². The van der Waals surface area contributed by atoms with Crippen LogP contribution in [0.1, 0.15) is 25.3 Å². The van der Waals surface area contributed by atoms with E-state index in [1.54, 1.807) is 0 Å². The minimum Gasteiger partial charge on any atom is -0.494 e. The van der Waals surface area contributed by atoms with Crippen molar-refractivity contribution >= 4 is 49.9 Å². The lowest BCUT2D eigenvalue weighted by molar-refractivity contribution is -0.137. The van der Waals surface area contributed by atoms with Gasteiger partial charge in [-0.3, -0.25) is 4.79 Å². The molecule has 0 saturated carbocycles. The molecule has 10 heteroatoms. The average molecular weight is 484 g/mol. The summed E-state index contributed by atoms with van der Waals surface area (Å²) in [7, 11) is 0. The summed E-state index contributed by atoms with van der Waals surface area (Å²) in [6.45, 7) is 3.69. The molecule has 0 aliphatic carbocycles. The number of carbonyl (C=O) groups is 1. The number of halogens is 4. The molecule has 1 aromatic heterocycles. The van der Waals surface area contributed by atoms with E-state index in [-0.39, 0.29) is 22.5 Å². The summed E-state index contributed by atoms with van der Waals surface area (Å²) in [6.07, 6.45) is -3.10. The van der Waals surface area contributed by atoms with Gasteiger partial charge in [-0.05, 0) is 56.2 Å². The van der Waals surface area contributed by atoms with Crippen molar-refractivity contribution in [3.63, 3.8) is 0 Å². The van der Waals surface area contributed by atoms with Gasteiger partial charge in [-0.1, -0.05) is 22.9 Å². The Balaban J connectivity index is 1.48. The first kappa shape index (κ1) is 22.7. The van der Waals surface area contributed by atoms with Gasteiger partial charge in [-0.25, -0.2) is 4.98 Å². The third-order valence-electron chi connectivity index (χ3n) is 5.27. The maximum Gasteiger partial charge on any atom is 0.416 e. The predicted octanol–water partition coefficient (Wildman–Crippen LogP) is 6.22. The Labute approximate surface area is 192 Å². The summed E-state index contributed by atoms with van der Waals surface area (Å²) in [5.41, 5.74) is -0.0359. The summed E-state index contributed by atoms with van der Waals surface area (Å²) in [4.78, 5) is 19.6. The fraction of sp³-hybridized carbons (Fsp3) is 0.364. The number of nitrogens with one attached hydrogen (secondary N) is 1. The van der Waals surface area contributed by atoms with E-state index < -0.39 is 11.7 Å². The predicted molar refractivity (Wildman–Crippen MR) is 121 cm³/mol. The Bertz CT molecular complexity index is 1140.